The molecule has 2 nitrogen and oxygen atoms in total. The van der Waals surface area contributed by atoms with Crippen LogP contribution in [0.4, 0.5) is 0 Å². The molecule has 3 heteroatoms. The van der Waals surface area contributed by atoms with Crippen LogP contribution in [-0.4, -0.2) is 29.5 Å². The third kappa shape index (κ3) is 15.4. The highest BCUT2D eigenvalue weighted by Crippen LogP contribution is 2.20. The van der Waals surface area contributed by atoms with Crippen molar-refractivity contribution in [2.75, 3.05) is 18.1 Å². The Kier molecular flexibility index (Phi) is 15.4. The summed E-state index contributed by atoms with van der Waals surface area (Å²) in [7, 11) is 0. The van der Waals surface area contributed by atoms with Crippen molar-refractivity contribution in [1.82, 2.24) is 0 Å². The van der Waals surface area contributed by atoms with E-state index in [1.54, 1.807) is 0 Å². The largest absolute Gasteiger partial charge is 0.472 e. The molecule has 0 saturated carbocycles. The van der Waals surface area contributed by atoms with Crippen molar-refractivity contribution in [2.45, 2.75) is 129 Å². The SMILES string of the molecule is CCCCCCCCCCCCCCCCCCSCC1=NCC(C)(C)O1. The Hall–Kier alpha value is -0.180. The van der Waals surface area contributed by atoms with E-state index in [1.165, 1.54) is 108 Å². The third-order valence-corrected chi connectivity index (χ3v) is 6.43. The molecule has 0 spiro atoms. The lowest BCUT2D eigenvalue weighted by Crippen LogP contribution is -2.24. The molecule has 0 aliphatic carbocycles. The Morgan fingerprint density at radius 3 is 1.59 bits per heavy atom. The van der Waals surface area contributed by atoms with Crippen molar-refractivity contribution < 1.29 is 4.74 Å². The Bertz CT molecular complexity index is 367. The van der Waals surface area contributed by atoms with Crippen LogP contribution >= 0.6 is 11.8 Å². The number of hydrogen-bond acceptors (Lipinski definition) is 3. The van der Waals surface area contributed by atoms with Crippen LogP contribution in [0, 0.1) is 0 Å². The molecule has 0 fully saturated rings. The summed E-state index contributed by atoms with van der Waals surface area (Å²) >= 11 is 1.98. The molecule has 1 aliphatic rings. The van der Waals surface area contributed by atoms with Gasteiger partial charge in [-0.1, -0.05) is 103 Å². The average Bonchev–Trinajstić information content (AvgIpc) is 2.99. The molecule has 1 rings (SSSR count). The second kappa shape index (κ2) is 16.7. The second-order valence-electron chi connectivity index (χ2n) is 8.93. The zero-order valence-electron chi connectivity index (χ0n) is 18.7. The molecule has 160 valence electrons. The van der Waals surface area contributed by atoms with Crippen molar-refractivity contribution in [3.05, 3.63) is 0 Å². The van der Waals surface area contributed by atoms with Crippen LogP contribution in [0.3, 0.4) is 0 Å². The molecule has 0 aromatic heterocycles. The third-order valence-electron chi connectivity index (χ3n) is 5.40. The van der Waals surface area contributed by atoms with Gasteiger partial charge in [0.05, 0.1) is 12.3 Å². The Morgan fingerprint density at radius 1 is 0.741 bits per heavy atom. The first-order valence-corrected chi connectivity index (χ1v) is 13.1. The monoisotopic (exact) mass is 397 g/mol. The first-order chi connectivity index (χ1) is 13.1. The van der Waals surface area contributed by atoms with Gasteiger partial charge in [-0.25, -0.2) is 0 Å². The molecule has 1 heterocycles. The summed E-state index contributed by atoms with van der Waals surface area (Å²) in [5.74, 6) is 3.17. The smallest absolute Gasteiger partial charge is 0.194 e. The molecular formula is C24H47NOS. The van der Waals surface area contributed by atoms with Crippen LogP contribution in [0.15, 0.2) is 4.99 Å². The molecule has 27 heavy (non-hydrogen) atoms. The number of nitrogens with zero attached hydrogens (tertiary/aromatic N) is 1. The Balaban J connectivity index is 1.69. The fourth-order valence-electron chi connectivity index (χ4n) is 3.65. The fraction of sp³-hybridized carbons (Fsp3) is 0.958. The van der Waals surface area contributed by atoms with Crippen LogP contribution in [0.25, 0.3) is 0 Å². The molecule has 0 radical (unpaired) electrons. The lowest BCUT2D eigenvalue weighted by atomic mass is 10.0. The molecule has 0 saturated heterocycles. The minimum Gasteiger partial charge on any atom is -0.472 e. The standard InChI is InChI=1S/C24H47NOS/c1-4-5-6-7-8-9-10-11-12-13-14-15-16-17-18-19-20-27-21-23-25-22-24(2,3)26-23/h4-22H2,1-3H3. The van der Waals surface area contributed by atoms with E-state index in [1.807, 2.05) is 11.8 Å². The van der Waals surface area contributed by atoms with Crippen LogP contribution in [-0.2, 0) is 4.74 Å². The van der Waals surface area contributed by atoms with Crippen LogP contribution in [0.5, 0.6) is 0 Å². The summed E-state index contributed by atoms with van der Waals surface area (Å²) in [6.07, 6.45) is 23.0. The van der Waals surface area contributed by atoms with Crippen molar-refractivity contribution >= 4 is 17.7 Å². The van der Waals surface area contributed by atoms with Crippen LogP contribution < -0.4 is 0 Å². The first kappa shape index (κ1) is 24.9. The predicted octanol–water partition coefficient (Wildman–Crippen LogP) is 8.19. The van der Waals surface area contributed by atoms with E-state index >= 15 is 0 Å². The molecule has 0 bridgehead atoms. The summed E-state index contributed by atoms with van der Waals surface area (Å²) in [5, 5.41) is 0. The molecule has 0 aromatic carbocycles. The van der Waals surface area contributed by atoms with Crippen molar-refractivity contribution in [1.29, 1.82) is 0 Å². The fourth-order valence-corrected chi connectivity index (χ4v) is 4.53. The summed E-state index contributed by atoms with van der Waals surface area (Å²) < 4.78 is 5.81. The summed E-state index contributed by atoms with van der Waals surface area (Å²) in [4.78, 5) is 4.48. The van der Waals surface area contributed by atoms with E-state index in [0.717, 1.165) is 18.2 Å². The van der Waals surface area contributed by atoms with Gasteiger partial charge in [-0.3, -0.25) is 4.99 Å². The minimum atomic E-state index is -0.0653. The van der Waals surface area contributed by atoms with Gasteiger partial charge in [0.15, 0.2) is 5.90 Å². The Labute approximate surface area is 174 Å². The lowest BCUT2D eigenvalue weighted by Gasteiger charge is -2.16. The summed E-state index contributed by atoms with van der Waals surface area (Å²) in [6, 6.07) is 0. The van der Waals surface area contributed by atoms with Crippen LogP contribution in [0.2, 0.25) is 0 Å². The summed E-state index contributed by atoms with van der Waals surface area (Å²) in [6.45, 7) is 7.35. The van der Waals surface area contributed by atoms with Gasteiger partial charge in [0, 0.05) is 0 Å². The highest BCUT2D eigenvalue weighted by molar-refractivity contribution is 7.99. The molecule has 0 unspecified atom stereocenters. The van der Waals surface area contributed by atoms with Crippen molar-refractivity contribution in [2.24, 2.45) is 4.99 Å². The lowest BCUT2D eigenvalue weighted by molar-refractivity contribution is 0.130. The summed E-state index contributed by atoms with van der Waals surface area (Å²) in [5.41, 5.74) is -0.0653. The van der Waals surface area contributed by atoms with Crippen molar-refractivity contribution in [3.63, 3.8) is 0 Å². The molecule has 0 atom stereocenters. The maximum Gasteiger partial charge on any atom is 0.194 e. The Morgan fingerprint density at radius 2 is 1.19 bits per heavy atom. The zero-order chi connectivity index (χ0) is 19.6. The molecule has 0 N–H and O–H groups in total. The van der Waals surface area contributed by atoms with E-state index in [4.69, 9.17) is 4.74 Å². The van der Waals surface area contributed by atoms with E-state index in [2.05, 4.69) is 25.8 Å². The van der Waals surface area contributed by atoms with Gasteiger partial charge in [0.2, 0.25) is 0 Å². The van der Waals surface area contributed by atoms with Gasteiger partial charge < -0.3 is 4.74 Å². The normalized spacial score (nSPS) is 15.7. The van der Waals surface area contributed by atoms with Crippen molar-refractivity contribution in [3.8, 4) is 0 Å². The number of hydrogen-bond donors (Lipinski definition) is 0. The minimum absolute atomic E-state index is 0.0653. The zero-order valence-corrected chi connectivity index (χ0v) is 19.5. The van der Waals surface area contributed by atoms with Gasteiger partial charge in [-0.2, -0.15) is 11.8 Å². The van der Waals surface area contributed by atoms with Gasteiger partial charge in [-0.05, 0) is 26.0 Å². The first-order valence-electron chi connectivity index (χ1n) is 11.9. The molecule has 0 amide bonds. The number of thioether (sulfide) groups is 1. The maximum atomic E-state index is 5.81. The highest BCUT2D eigenvalue weighted by Gasteiger charge is 2.26. The van der Waals surface area contributed by atoms with E-state index in [-0.39, 0.29) is 5.60 Å². The average molecular weight is 398 g/mol. The molecular weight excluding hydrogens is 350 g/mol. The molecule has 0 aromatic rings. The highest BCUT2D eigenvalue weighted by atomic mass is 32.2. The number of aliphatic imine (C=N–C) groups is 1. The van der Waals surface area contributed by atoms with Gasteiger partial charge in [0.25, 0.3) is 0 Å². The quantitative estimate of drug-likeness (QED) is 0.205. The van der Waals surface area contributed by atoms with Gasteiger partial charge >= 0.3 is 0 Å². The predicted molar refractivity (Wildman–Crippen MR) is 124 cm³/mol. The van der Waals surface area contributed by atoms with E-state index in [9.17, 15) is 0 Å². The topological polar surface area (TPSA) is 21.6 Å². The van der Waals surface area contributed by atoms with Crippen LogP contribution in [0.1, 0.15) is 124 Å². The number of rotatable bonds is 19. The van der Waals surface area contributed by atoms with E-state index < -0.39 is 0 Å². The van der Waals surface area contributed by atoms with Gasteiger partial charge in [-0.15, -0.1) is 0 Å². The maximum absolute atomic E-state index is 5.81. The molecule has 1 aliphatic heterocycles. The number of ether oxygens (including phenoxy) is 1. The second-order valence-corrected chi connectivity index (χ2v) is 10.0. The number of unbranched alkanes of at least 4 members (excludes halogenated alkanes) is 15. The van der Waals surface area contributed by atoms with Gasteiger partial charge in [0.1, 0.15) is 5.60 Å². The van der Waals surface area contributed by atoms with E-state index in [0.29, 0.717) is 0 Å².